The first-order valence-electron chi connectivity index (χ1n) is 9.00. The summed E-state index contributed by atoms with van der Waals surface area (Å²) in [6, 6.07) is 13.6. The number of rotatable bonds is 6. The summed E-state index contributed by atoms with van der Waals surface area (Å²) in [4.78, 5) is 17.0. The molecule has 3 rings (SSSR count). The number of sulfonamides is 1. The molecule has 0 aliphatic heterocycles. The summed E-state index contributed by atoms with van der Waals surface area (Å²) in [6.45, 7) is 3.63. The summed E-state index contributed by atoms with van der Waals surface area (Å²) in [7, 11) is -0.565. The standard InChI is InChI=1S/C21H23N3O4S/c1-14-5-12-19-18(11-6-15(2)22-19)21(14)23-20(25)13-28-16-7-9-17(10-8-16)29(26,27)24(3)4/h5-12H,13H2,1-4H3,(H,23,25). The zero-order chi connectivity index (χ0) is 21.2. The number of anilines is 1. The number of aryl methyl sites for hydroxylation is 2. The first-order chi connectivity index (χ1) is 13.7. The van der Waals surface area contributed by atoms with Crippen LogP contribution in [0.15, 0.2) is 53.4 Å². The fourth-order valence-electron chi connectivity index (χ4n) is 2.82. The Labute approximate surface area is 170 Å². The van der Waals surface area contributed by atoms with Crippen molar-refractivity contribution in [3.05, 3.63) is 59.8 Å². The van der Waals surface area contributed by atoms with Crippen LogP contribution in [0.5, 0.6) is 5.75 Å². The van der Waals surface area contributed by atoms with Crippen LogP contribution in [0.3, 0.4) is 0 Å². The highest BCUT2D eigenvalue weighted by molar-refractivity contribution is 7.89. The predicted octanol–water partition coefficient (Wildman–Crippen LogP) is 3.12. The van der Waals surface area contributed by atoms with Gasteiger partial charge in [0.25, 0.3) is 5.91 Å². The second kappa shape index (κ2) is 8.18. The number of nitrogens with zero attached hydrogens (tertiary/aromatic N) is 2. The molecule has 0 saturated heterocycles. The lowest BCUT2D eigenvalue weighted by atomic mass is 10.1. The topological polar surface area (TPSA) is 88.6 Å². The number of aromatic nitrogens is 1. The van der Waals surface area contributed by atoms with E-state index in [2.05, 4.69) is 10.3 Å². The van der Waals surface area contributed by atoms with Gasteiger partial charge in [0.2, 0.25) is 10.0 Å². The minimum Gasteiger partial charge on any atom is -0.484 e. The average Bonchev–Trinajstić information content (AvgIpc) is 2.68. The molecule has 2 aromatic carbocycles. The highest BCUT2D eigenvalue weighted by Crippen LogP contribution is 2.26. The van der Waals surface area contributed by atoms with Crippen molar-refractivity contribution in [3.63, 3.8) is 0 Å². The number of amides is 1. The molecule has 3 aromatic rings. The third-order valence-electron chi connectivity index (χ3n) is 4.46. The summed E-state index contributed by atoms with van der Waals surface area (Å²) < 4.78 is 30.8. The molecule has 1 N–H and O–H groups in total. The number of pyridine rings is 1. The van der Waals surface area contributed by atoms with Crippen LogP contribution in [0.25, 0.3) is 10.9 Å². The van der Waals surface area contributed by atoms with Crippen LogP contribution in [-0.2, 0) is 14.8 Å². The molecule has 0 spiro atoms. The maximum absolute atomic E-state index is 12.4. The van der Waals surface area contributed by atoms with Crippen LogP contribution in [0.4, 0.5) is 5.69 Å². The van der Waals surface area contributed by atoms with Crippen molar-refractivity contribution in [1.82, 2.24) is 9.29 Å². The van der Waals surface area contributed by atoms with E-state index in [-0.39, 0.29) is 17.4 Å². The summed E-state index contributed by atoms with van der Waals surface area (Å²) in [5.41, 5.74) is 3.34. The molecule has 152 valence electrons. The van der Waals surface area contributed by atoms with Gasteiger partial charge in [0.1, 0.15) is 5.75 Å². The number of fused-ring (bicyclic) bond motifs is 1. The molecule has 0 saturated carbocycles. The van der Waals surface area contributed by atoms with Gasteiger partial charge < -0.3 is 10.1 Å². The number of carbonyl (C=O) groups excluding carboxylic acids is 1. The normalized spacial score (nSPS) is 11.6. The Kier molecular flexibility index (Phi) is 5.86. The van der Waals surface area contributed by atoms with Crippen LogP contribution >= 0.6 is 0 Å². The molecule has 7 nitrogen and oxygen atoms in total. The van der Waals surface area contributed by atoms with Crippen molar-refractivity contribution in [2.24, 2.45) is 0 Å². The number of hydrogen-bond donors (Lipinski definition) is 1. The lowest BCUT2D eigenvalue weighted by Crippen LogP contribution is -2.22. The number of benzene rings is 2. The minimum atomic E-state index is -3.50. The SMILES string of the molecule is Cc1ccc2c(NC(=O)COc3ccc(S(=O)(=O)N(C)C)cc3)c(C)ccc2n1. The van der Waals surface area contributed by atoms with E-state index >= 15 is 0 Å². The van der Waals surface area contributed by atoms with Gasteiger partial charge in [-0.15, -0.1) is 0 Å². The van der Waals surface area contributed by atoms with Gasteiger partial charge in [0.15, 0.2) is 6.61 Å². The highest BCUT2D eigenvalue weighted by atomic mass is 32.2. The molecule has 0 bridgehead atoms. The Hall–Kier alpha value is -2.97. The van der Waals surface area contributed by atoms with Gasteiger partial charge in [-0.25, -0.2) is 12.7 Å². The zero-order valence-electron chi connectivity index (χ0n) is 16.8. The Balaban J connectivity index is 1.70. The molecule has 1 amide bonds. The largest absolute Gasteiger partial charge is 0.484 e. The van der Waals surface area contributed by atoms with Gasteiger partial charge in [-0.1, -0.05) is 6.07 Å². The van der Waals surface area contributed by atoms with Crippen LogP contribution in [0.2, 0.25) is 0 Å². The lowest BCUT2D eigenvalue weighted by molar-refractivity contribution is -0.118. The molecule has 0 radical (unpaired) electrons. The molecular weight excluding hydrogens is 390 g/mol. The maximum Gasteiger partial charge on any atom is 0.262 e. The van der Waals surface area contributed by atoms with Crippen molar-refractivity contribution in [3.8, 4) is 5.75 Å². The minimum absolute atomic E-state index is 0.161. The fourth-order valence-corrected chi connectivity index (χ4v) is 3.73. The van der Waals surface area contributed by atoms with Gasteiger partial charge in [-0.3, -0.25) is 9.78 Å². The van der Waals surface area contributed by atoms with Crippen LogP contribution in [-0.4, -0.2) is 44.3 Å². The Morgan fingerprint density at radius 1 is 1.03 bits per heavy atom. The number of carbonyl (C=O) groups is 1. The van der Waals surface area contributed by atoms with E-state index in [1.807, 2.05) is 38.1 Å². The van der Waals surface area contributed by atoms with Crippen LogP contribution in [0.1, 0.15) is 11.3 Å². The molecule has 0 atom stereocenters. The number of ether oxygens (including phenoxy) is 1. The molecule has 0 aliphatic rings. The second-order valence-electron chi connectivity index (χ2n) is 6.87. The molecule has 0 unspecified atom stereocenters. The van der Waals surface area contributed by atoms with Crippen molar-refractivity contribution >= 4 is 32.5 Å². The van der Waals surface area contributed by atoms with E-state index in [4.69, 9.17) is 4.74 Å². The zero-order valence-corrected chi connectivity index (χ0v) is 17.6. The van der Waals surface area contributed by atoms with E-state index in [9.17, 15) is 13.2 Å². The monoisotopic (exact) mass is 413 g/mol. The van der Waals surface area contributed by atoms with E-state index in [0.717, 1.165) is 26.5 Å². The lowest BCUT2D eigenvalue weighted by Gasteiger charge is -2.13. The van der Waals surface area contributed by atoms with Gasteiger partial charge in [0.05, 0.1) is 16.1 Å². The first kappa shape index (κ1) is 20.8. The second-order valence-corrected chi connectivity index (χ2v) is 9.02. The first-order valence-corrected chi connectivity index (χ1v) is 10.4. The van der Waals surface area contributed by atoms with Crippen molar-refractivity contribution in [2.75, 3.05) is 26.0 Å². The van der Waals surface area contributed by atoms with Gasteiger partial charge in [-0.05, 0) is 61.9 Å². The van der Waals surface area contributed by atoms with Gasteiger partial charge in [0, 0.05) is 25.2 Å². The Morgan fingerprint density at radius 2 is 1.72 bits per heavy atom. The summed E-state index contributed by atoms with van der Waals surface area (Å²) in [6.07, 6.45) is 0. The predicted molar refractivity (Wildman–Crippen MR) is 113 cm³/mol. The Morgan fingerprint density at radius 3 is 2.38 bits per heavy atom. The van der Waals surface area contributed by atoms with E-state index < -0.39 is 10.0 Å². The van der Waals surface area contributed by atoms with Crippen LogP contribution < -0.4 is 10.1 Å². The third-order valence-corrected chi connectivity index (χ3v) is 6.28. The van der Waals surface area contributed by atoms with Gasteiger partial charge in [-0.2, -0.15) is 0 Å². The van der Waals surface area contributed by atoms with Crippen molar-refractivity contribution in [2.45, 2.75) is 18.7 Å². The summed E-state index contributed by atoms with van der Waals surface area (Å²) in [5.74, 6) is 0.0935. The Bertz CT molecular complexity index is 1160. The molecular formula is C21H23N3O4S. The van der Waals surface area contributed by atoms with E-state index in [1.165, 1.54) is 38.4 Å². The molecule has 0 aliphatic carbocycles. The van der Waals surface area contributed by atoms with Crippen molar-refractivity contribution < 1.29 is 17.9 Å². The van der Waals surface area contributed by atoms with Crippen molar-refractivity contribution in [1.29, 1.82) is 0 Å². The molecule has 0 fully saturated rings. The van der Waals surface area contributed by atoms with E-state index in [0.29, 0.717) is 11.4 Å². The molecule has 1 aromatic heterocycles. The smallest absolute Gasteiger partial charge is 0.262 e. The average molecular weight is 413 g/mol. The van der Waals surface area contributed by atoms with Crippen LogP contribution in [0, 0.1) is 13.8 Å². The number of nitrogens with one attached hydrogen (secondary N) is 1. The molecule has 1 heterocycles. The fraction of sp³-hybridized carbons (Fsp3) is 0.238. The van der Waals surface area contributed by atoms with Gasteiger partial charge >= 0.3 is 0 Å². The van der Waals surface area contributed by atoms with E-state index in [1.54, 1.807) is 0 Å². The summed E-state index contributed by atoms with van der Waals surface area (Å²) >= 11 is 0. The summed E-state index contributed by atoms with van der Waals surface area (Å²) in [5, 5.41) is 3.75. The highest BCUT2D eigenvalue weighted by Gasteiger charge is 2.17. The third kappa shape index (κ3) is 4.55. The molecule has 29 heavy (non-hydrogen) atoms. The number of hydrogen-bond acceptors (Lipinski definition) is 5. The quantitative estimate of drug-likeness (QED) is 0.671. The molecule has 8 heteroatoms. The maximum atomic E-state index is 12.4.